The quantitative estimate of drug-likeness (QED) is 0.252. The summed E-state index contributed by atoms with van der Waals surface area (Å²) < 4.78 is 64.5. The van der Waals surface area contributed by atoms with Crippen molar-refractivity contribution in [1.82, 2.24) is 4.98 Å². The second-order valence-electron chi connectivity index (χ2n) is 7.89. The number of fused-ring (bicyclic) bond motifs is 1. The van der Waals surface area contributed by atoms with Crippen LogP contribution in [-0.2, 0) is 12.7 Å². The van der Waals surface area contributed by atoms with E-state index < -0.39 is 28.5 Å². The third-order valence-corrected chi connectivity index (χ3v) is 5.89. The zero-order valence-electron chi connectivity index (χ0n) is 19.5. The Labute approximate surface area is 214 Å². The lowest BCUT2D eigenvalue weighted by molar-refractivity contribution is -0.137. The number of hydrogen-bond donors (Lipinski definition) is 2. The van der Waals surface area contributed by atoms with Gasteiger partial charge in [0.25, 0.3) is 5.91 Å². The molecule has 192 valence electrons. The van der Waals surface area contributed by atoms with Crippen LogP contribution in [0.2, 0.25) is 5.02 Å². The third-order valence-electron chi connectivity index (χ3n) is 5.56. The smallest absolute Gasteiger partial charge is 0.417 e. The van der Waals surface area contributed by atoms with Gasteiger partial charge in [0.15, 0.2) is 11.5 Å². The molecular weight excluding hydrogens is 514 g/mol. The minimum Gasteiger partial charge on any atom is -0.493 e. The molecular formula is C26H20ClF4N3O3. The summed E-state index contributed by atoms with van der Waals surface area (Å²) in [5.41, 5.74) is 0.316. The van der Waals surface area contributed by atoms with Crippen LogP contribution in [0.4, 0.5) is 28.9 Å². The maximum absolute atomic E-state index is 14.5. The van der Waals surface area contributed by atoms with Crippen molar-refractivity contribution in [3.8, 4) is 11.5 Å². The lowest BCUT2D eigenvalue weighted by atomic mass is 10.1. The van der Waals surface area contributed by atoms with E-state index in [9.17, 15) is 22.4 Å². The number of halogens is 5. The molecule has 2 N–H and O–H groups in total. The minimum absolute atomic E-state index is 0.174. The Bertz CT molecular complexity index is 1480. The van der Waals surface area contributed by atoms with E-state index in [1.807, 2.05) is 0 Å². The molecule has 4 aromatic rings. The van der Waals surface area contributed by atoms with E-state index in [2.05, 4.69) is 15.6 Å². The van der Waals surface area contributed by atoms with Gasteiger partial charge in [-0.05, 0) is 54.1 Å². The molecule has 0 saturated heterocycles. The zero-order valence-corrected chi connectivity index (χ0v) is 20.3. The number of hydrogen-bond acceptors (Lipinski definition) is 5. The summed E-state index contributed by atoms with van der Waals surface area (Å²) in [7, 11) is 3.05. The zero-order chi connectivity index (χ0) is 26.7. The highest BCUT2D eigenvalue weighted by Crippen LogP contribution is 2.36. The second kappa shape index (κ2) is 10.5. The van der Waals surface area contributed by atoms with Crippen molar-refractivity contribution in [3.63, 3.8) is 0 Å². The van der Waals surface area contributed by atoms with Crippen molar-refractivity contribution in [2.45, 2.75) is 12.7 Å². The van der Waals surface area contributed by atoms with Crippen molar-refractivity contribution >= 4 is 39.8 Å². The largest absolute Gasteiger partial charge is 0.493 e. The van der Waals surface area contributed by atoms with E-state index in [1.165, 1.54) is 32.4 Å². The van der Waals surface area contributed by atoms with E-state index in [-0.39, 0.29) is 11.3 Å². The van der Waals surface area contributed by atoms with Gasteiger partial charge in [0.2, 0.25) is 0 Å². The Morgan fingerprint density at radius 1 is 0.973 bits per heavy atom. The van der Waals surface area contributed by atoms with Gasteiger partial charge in [-0.25, -0.2) is 4.39 Å². The molecule has 0 aliphatic rings. The molecule has 0 aliphatic carbocycles. The summed E-state index contributed by atoms with van der Waals surface area (Å²) in [5.74, 6) is -0.687. The molecule has 6 nitrogen and oxygen atoms in total. The molecule has 0 aliphatic heterocycles. The van der Waals surface area contributed by atoms with Crippen molar-refractivity contribution < 1.29 is 31.8 Å². The molecule has 3 aromatic carbocycles. The van der Waals surface area contributed by atoms with Crippen LogP contribution in [0.25, 0.3) is 10.9 Å². The first kappa shape index (κ1) is 26.0. The Hall–Kier alpha value is -4.05. The predicted molar refractivity (Wildman–Crippen MR) is 133 cm³/mol. The molecule has 1 amide bonds. The molecule has 0 saturated carbocycles. The Balaban J connectivity index is 1.55. The molecule has 0 radical (unpaired) electrons. The molecule has 1 heterocycles. The number of nitrogens with one attached hydrogen (secondary N) is 2. The van der Waals surface area contributed by atoms with Gasteiger partial charge in [-0.1, -0.05) is 11.6 Å². The van der Waals surface area contributed by atoms with Crippen molar-refractivity contribution in [2.24, 2.45) is 0 Å². The average Bonchev–Trinajstić information content (AvgIpc) is 2.87. The van der Waals surface area contributed by atoms with E-state index in [0.29, 0.717) is 35.3 Å². The van der Waals surface area contributed by atoms with Gasteiger partial charge in [-0.2, -0.15) is 13.2 Å². The van der Waals surface area contributed by atoms with Crippen LogP contribution in [0.3, 0.4) is 0 Å². The Morgan fingerprint density at radius 2 is 1.68 bits per heavy atom. The molecule has 11 heteroatoms. The topological polar surface area (TPSA) is 72.5 Å². The number of methoxy groups -OCH3 is 2. The third kappa shape index (κ3) is 5.69. The van der Waals surface area contributed by atoms with E-state index in [0.717, 1.165) is 23.1 Å². The monoisotopic (exact) mass is 533 g/mol. The molecule has 37 heavy (non-hydrogen) atoms. The van der Waals surface area contributed by atoms with Gasteiger partial charge in [-0.15, -0.1) is 0 Å². The van der Waals surface area contributed by atoms with Crippen LogP contribution in [0, 0.1) is 5.82 Å². The average molecular weight is 534 g/mol. The van der Waals surface area contributed by atoms with Gasteiger partial charge in [0, 0.05) is 35.6 Å². The summed E-state index contributed by atoms with van der Waals surface area (Å²) in [6.45, 7) is 0.299. The van der Waals surface area contributed by atoms with Gasteiger partial charge >= 0.3 is 6.18 Å². The van der Waals surface area contributed by atoms with Gasteiger partial charge in [0.1, 0.15) is 5.82 Å². The number of anilines is 2. The first-order valence-corrected chi connectivity index (χ1v) is 11.2. The molecule has 0 unspecified atom stereocenters. The number of carbonyl (C=O) groups excluding carboxylic acids is 1. The van der Waals surface area contributed by atoms with Gasteiger partial charge < -0.3 is 20.1 Å². The number of carbonyl (C=O) groups is 1. The standard InChI is InChI=1S/C26H20ClF4N3O3/c1-36-23-11-17-14(7-8-32-22(17)12-24(23)37-2)13-33-15-4-6-21(28)18(9-15)25(35)34-16-3-5-20(27)19(10-16)26(29,30)31/h3-12,33H,13H2,1-2H3,(H,34,35). The fourth-order valence-electron chi connectivity index (χ4n) is 3.71. The van der Waals surface area contributed by atoms with E-state index in [4.69, 9.17) is 21.1 Å². The lowest BCUT2D eigenvalue weighted by Crippen LogP contribution is -2.15. The first-order valence-electron chi connectivity index (χ1n) is 10.8. The van der Waals surface area contributed by atoms with Gasteiger partial charge in [0.05, 0.1) is 35.9 Å². The summed E-state index contributed by atoms with van der Waals surface area (Å²) in [6, 6.07) is 12.1. The van der Waals surface area contributed by atoms with Crippen LogP contribution < -0.4 is 20.1 Å². The molecule has 4 rings (SSSR count). The second-order valence-corrected chi connectivity index (χ2v) is 8.30. The highest BCUT2D eigenvalue weighted by atomic mass is 35.5. The molecule has 0 atom stereocenters. The number of rotatable bonds is 7. The number of amides is 1. The minimum atomic E-state index is -4.71. The number of nitrogens with zero attached hydrogens (tertiary/aromatic N) is 1. The van der Waals surface area contributed by atoms with Crippen LogP contribution in [-0.4, -0.2) is 25.1 Å². The van der Waals surface area contributed by atoms with Gasteiger partial charge in [-0.3, -0.25) is 9.78 Å². The fraction of sp³-hybridized carbons (Fsp3) is 0.154. The maximum Gasteiger partial charge on any atom is 0.417 e. The van der Waals surface area contributed by atoms with Crippen LogP contribution >= 0.6 is 11.6 Å². The van der Waals surface area contributed by atoms with Crippen molar-refractivity contribution in [3.05, 3.63) is 88.3 Å². The van der Waals surface area contributed by atoms with Crippen molar-refractivity contribution in [2.75, 3.05) is 24.9 Å². The maximum atomic E-state index is 14.5. The van der Waals surface area contributed by atoms with Crippen molar-refractivity contribution in [1.29, 1.82) is 0 Å². The number of aromatic nitrogens is 1. The molecule has 0 fully saturated rings. The van der Waals surface area contributed by atoms with E-state index in [1.54, 1.807) is 24.4 Å². The molecule has 0 bridgehead atoms. The Kier molecular flexibility index (Phi) is 7.40. The van der Waals surface area contributed by atoms with E-state index >= 15 is 0 Å². The number of ether oxygens (including phenoxy) is 2. The normalized spacial score (nSPS) is 11.3. The fourth-order valence-corrected chi connectivity index (χ4v) is 3.93. The Morgan fingerprint density at radius 3 is 2.38 bits per heavy atom. The van der Waals surface area contributed by atoms with Crippen LogP contribution in [0.15, 0.2) is 60.8 Å². The number of benzene rings is 3. The van der Waals surface area contributed by atoms with Crippen LogP contribution in [0.1, 0.15) is 21.5 Å². The summed E-state index contributed by atoms with van der Waals surface area (Å²) >= 11 is 5.62. The number of alkyl halides is 3. The first-order chi connectivity index (χ1) is 17.6. The predicted octanol–water partition coefficient (Wildman–Crippen LogP) is 6.93. The summed E-state index contributed by atoms with van der Waals surface area (Å²) in [4.78, 5) is 17.0. The highest BCUT2D eigenvalue weighted by molar-refractivity contribution is 6.31. The SMILES string of the molecule is COc1cc2nccc(CNc3ccc(F)c(C(=O)Nc4ccc(Cl)c(C(F)(F)F)c4)c3)c2cc1OC. The van der Waals surface area contributed by atoms with Crippen LogP contribution in [0.5, 0.6) is 11.5 Å². The molecule has 0 spiro atoms. The number of pyridine rings is 1. The molecule has 1 aromatic heterocycles. The summed E-state index contributed by atoms with van der Waals surface area (Å²) in [5, 5.41) is 5.71. The lowest BCUT2D eigenvalue weighted by Gasteiger charge is -2.14. The highest BCUT2D eigenvalue weighted by Gasteiger charge is 2.33. The summed E-state index contributed by atoms with van der Waals surface area (Å²) in [6.07, 6.45) is -3.07.